The van der Waals surface area contributed by atoms with Crippen molar-refractivity contribution >= 4 is 11.6 Å². The summed E-state index contributed by atoms with van der Waals surface area (Å²) in [6.45, 7) is 9.41. The van der Waals surface area contributed by atoms with Crippen LogP contribution in [0.2, 0.25) is 5.15 Å². The molecule has 0 aromatic carbocycles. The van der Waals surface area contributed by atoms with E-state index in [1.54, 1.807) is 13.8 Å². The molecule has 0 atom stereocenters. The monoisotopic (exact) mass is 252 g/mol. The van der Waals surface area contributed by atoms with E-state index >= 15 is 0 Å². The molecule has 0 aliphatic heterocycles. The van der Waals surface area contributed by atoms with Gasteiger partial charge in [-0.05, 0) is 20.8 Å². The zero-order valence-corrected chi connectivity index (χ0v) is 11.6. The zero-order valence-electron chi connectivity index (χ0n) is 10.8. The lowest BCUT2D eigenvalue weighted by atomic mass is 10.1. The van der Waals surface area contributed by atoms with E-state index in [9.17, 15) is 0 Å². The first-order chi connectivity index (χ1) is 7.76. The second-order valence-electron chi connectivity index (χ2n) is 4.71. The van der Waals surface area contributed by atoms with Crippen LogP contribution in [0.25, 0.3) is 0 Å². The third-order valence-corrected chi connectivity index (χ3v) is 2.64. The fraction of sp³-hybridized carbons (Fsp3) is 0.538. The molecule has 3 nitrogen and oxygen atoms in total. The molecule has 1 rings (SSSR count). The number of hydrogen-bond donors (Lipinski definition) is 0. The summed E-state index contributed by atoms with van der Waals surface area (Å²) in [5.74, 6) is 3.86. The van der Waals surface area contributed by atoms with E-state index in [1.165, 1.54) is 0 Å². The summed E-state index contributed by atoms with van der Waals surface area (Å²) in [5, 5.41) is 0.409. The molecule has 0 saturated heterocycles. The van der Waals surface area contributed by atoms with Gasteiger partial charge in [0.15, 0.2) is 5.60 Å². The third kappa shape index (κ3) is 3.34. The second kappa shape index (κ2) is 4.93. The first-order valence-electron chi connectivity index (χ1n) is 5.47. The molecule has 92 valence electrons. The number of rotatable bonds is 3. The first-order valence-corrected chi connectivity index (χ1v) is 5.85. The summed E-state index contributed by atoms with van der Waals surface area (Å²) in [6, 6.07) is 0. The Balaban J connectivity index is 3.20. The number of nitrogens with zero attached hydrogens (tertiary/aromatic N) is 2. The summed E-state index contributed by atoms with van der Waals surface area (Å²) in [5.41, 5.74) is -0.00385. The van der Waals surface area contributed by atoms with Crippen LogP contribution in [-0.2, 0) is 0 Å². The van der Waals surface area contributed by atoms with E-state index in [-0.39, 0.29) is 5.92 Å². The van der Waals surface area contributed by atoms with E-state index < -0.39 is 5.60 Å². The molecular formula is C13H17ClN2O. The molecule has 0 amide bonds. The lowest BCUT2D eigenvalue weighted by molar-refractivity contribution is 0.162. The molecule has 0 aliphatic rings. The van der Waals surface area contributed by atoms with Gasteiger partial charge in [-0.15, -0.1) is 6.42 Å². The molecule has 1 aromatic heterocycles. The van der Waals surface area contributed by atoms with E-state index in [4.69, 9.17) is 22.8 Å². The van der Waals surface area contributed by atoms with E-state index in [1.807, 2.05) is 20.8 Å². The molecule has 0 fully saturated rings. The van der Waals surface area contributed by atoms with Crippen molar-refractivity contribution in [2.24, 2.45) is 0 Å². The maximum atomic E-state index is 6.05. The molecule has 1 heterocycles. The van der Waals surface area contributed by atoms with Crippen LogP contribution in [0.1, 0.15) is 45.0 Å². The van der Waals surface area contributed by atoms with Crippen LogP contribution < -0.4 is 4.74 Å². The van der Waals surface area contributed by atoms with Crippen molar-refractivity contribution in [3.8, 4) is 18.2 Å². The van der Waals surface area contributed by atoms with E-state index in [0.717, 1.165) is 0 Å². The maximum Gasteiger partial charge on any atom is 0.222 e. The first kappa shape index (κ1) is 13.8. The highest BCUT2D eigenvalue weighted by atomic mass is 35.5. The Morgan fingerprint density at radius 3 is 2.41 bits per heavy atom. The lowest BCUT2D eigenvalue weighted by Gasteiger charge is -2.21. The van der Waals surface area contributed by atoms with Crippen LogP contribution in [0.5, 0.6) is 5.88 Å². The summed E-state index contributed by atoms with van der Waals surface area (Å²) in [7, 11) is 0. The molecule has 1 aromatic rings. The minimum Gasteiger partial charge on any atom is -0.458 e. The van der Waals surface area contributed by atoms with Crippen molar-refractivity contribution in [2.75, 3.05) is 0 Å². The Kier molecular flexibility index (Phi) is 4.00. The molecule has 4 heteroatoms. The molecule has 0 aliphatic carbocycles. The Morgan fingerprint density at radius 2 is 1.94 bits per heavy atom. The van der Waals surface area contributed by atoms with E-state index in [0.29, 0.717) is 22.4 Å². The van der Waals surface area contributed by atoms with Crippen molar-refractivity contribution < 1.29 is 4.74 Å². The Bertz CT molecular complexity index is 461. The van der Waals surface area contributed by atoms with Gasteiger partial charge < -0.3 is 4.74 Å². The van der Waals surface area contributed by atoms with Gasteiger partial charge in [-0.1, -0.05) is 31.4 Å². The number of hydrogen-bond acceptors (Lipinski definition) is 3. The molecule has 0 spiro atoms. The minimum absolute atomic E-state index is 0.185. The SMILES string of the molecule is C#CC(C)(C)Oc1nc(C(C)C)nc(Cl)c1C. The van der Waals surface area contributed by atoms with Gasteiger partial charge in [-0.3, -0.25) is 0 Å². The Labute approximate surface area is 108 Å². The minimum atomic E-state index is -0.712. The number of aromatic nitrogens is 2. The van der Waals surface area contributed by atoms with Crippen molar-refractivity contribution in [3.05, 3.63) is 16.5 Å². The van der Waals surface area contributed by atoms with Crippen molar-refractivity contribution in [3.63, 3.8) is 0 Å². The predicted molar refractivity (Wildman–Crippen MR) is 69.4 cm³/mol. The van der Waals surface area contributed by atoms with Crippen LogP contribution >= 0.6 is 11.6 Å². The van der Waals surface area contributed by atoms with Gasteiger partial charge in [0.1, 0.15) is 11.0 Å². The standard InChI is InChI=1S/C13H17ClN2O/c1-7-13(5,6)17-12-9(4)10(14)15-11(16-12)8(2)3/h1,8H,2-6H3. The zero-order chi connectivity index (χ0) is 13.2. The summed E-state index contributed by atoms with van der Waals surface area (Å²) >= 11 is 6.05. The fourth-order valence-corrected chi connectivity index (χ4v) is 1.28. The van der Waals surface area contributed by atoms with Gasteiger partial charge in [0.25, 0.3) is 0 Å². The Hall–Kier alpha value is -1.27. The molecule has 0 N–H and O–H groups in total. The van der Waals surface area contributed by atoms with Crippen LogP contribution in [0.4, 0.5) is 0 Å². The summed E-state index contributed by atoms with van der Waals surface area (Å²) in [6.07, 6.45) is 5.39. The van der Waals surface area contributed by atoms with Gasteiger partial charge in [-0.25, -0.2) is 4.98 Å². The van der Waals surface area contributed by atoms with Crippen molar-refractivity contribution in [1.82, 2.24) is 9.97 Å². The third-order valence-electron chi connectivity index (χ3n) is 2.27. The Morgan fingerprint density at radius 1 is 1.35 bits per heavy atom. The van der Waals surface area contributed by atoms with Gasteiger partial charge in [-0.2, -0.15) is 4.98 Å². The fourth-order valence-electron chi connectivity index (χ4n) is 1.11. The van der Waals surface area contributed by atoms with Crippen LogP contribution in [0.3, 0.4) is 0 Å². The molecule has 0 radical (unpaired) electrons. The normalized spacial score (nSPS) is 11.4. The molecule has 17 heavy (non-hydrogen) atoms. The highest BCUT2D eigenvalue weighted by molar-refractivity contribution is 6.30. The van der Waals surface area contributed by atoms with E-state index in [2.05, 4.69) is 15.9 Å². The average molecular weight is 253 g/mol. The topological polar surface area (TPSA) is 35.0 Å². The smallest absolute Gasteiger partial charge is 0.222 e. The van der Waals surface area contributed by atoms with Crippen molar-refractivity contribution in [2.45, 2.75) is 46.1 Å². The summed E-state index contributed by atoms with van der Waals surface area (Å²) in [4.78, 5) is 8.56. The van der Waals surface area contributed by atoms with Crippen LogP contribution in [0, 0.1) is 19.3 Å². The van der Waals surface area contributed by atoms with Gasteiger partial charge in [0, 0.05) is 11.5 Å². The van der Waals surface area contributed by atoms with Gasteiger partial charge >= 0.3 is 0 Å². The number of halogens is 1. The average Bonchev–Trinajstić information content (AvgIpc) is 2.24. The molecular weight excluding hydrogens is 236 g/mol. The highest BCUT2D eigenvalue weighted by Crippen LogP contribution is 2.27. The highest BCUT2D eigenvalue weighted by Gasteiger charge is 2.20. The van der Waals surface area contributed by atoms with Crippen LogP contribution in [0.15, 0.2) is 0 Å². The van der Waals surface area contributed by atoms with Gasteiger partial charge in [0.05, 0.1) is 0 Å². The maximum absolute atomic E-state index is 6.05. The number of terminal acetylenes is 1. The quantitative estimate of drug-likeness (QED) is 0.611. The molecule has 0 bridgehead atoms. The molecule has 0 unspecified atom stereocenters. The van der Waals surface area contributed by atoms with Crippen molar-refractivity contribution in [1.29, 1.82) is 0 Å². The lowest BCUT2D eigenvalue weighted by Crippen LogP contribution is -2.27. The summed E-state index contributed by atoms with van der Waals surface area (Å²) < 4.78 is 5.68. The van der Waals surface area contributed by atoms with Gasteiger partial charge in [0.2, 0.25) is 5.88 Å². The largest absolute Gasteiger partial charge is 0.458 e. The molecule has 0 saturated carbocycles. The van der Waals surface area contributed by atoms with Crippen LogP contribution in [-0.4, -0.2) is 15.6 Å². The number of ether oxygens (including phenoxy) is 1. The second-order valence-corrected chi connectivity index (χ2v) is 5.07. The predicted octanol–water partition coefficient (Wildman–Crippen LogP) is 3.35.